The van der Waals surface area contributed by atoms with E-state index in [1.807, 2.05) is 18.2 Å². The van der Waals surface area contributed by atoms with Crippen LogP contribution < -0.4 is 20.1 Å². The molecule has 0 bridgehead atoms. The van der Waals surface area contributed by atoms with Gasteiger partial charge in [-0.25, -0.2) is 9.59 Å². The van der Waals surface area contributed by atoms with Crippen LogP contribution in [0.2, 0.25) is 0 Å². The fourth-order valence-electron chi connectivity index (χ4n) is 5.09. The van der Waals surface area contributed by atoms with Gasteiger partial charge >= 0.3 is 6.09 Å². The minimum atomic E-state index is -0.964. The summed E-state index contributed by atoms with van der Waals surface area (Å²) < 4.78 is 27.8. The minimum Gasteiger partial charge on any atom is -0.490 e. The van der Waals surface area contributed by atoms with E-state index in [0.29, 0.717) is 70.0 Å². The number of amides is 2. The molecule has 1 rings (SSSR count). The number of hydrogen-bond acceptors (Lipinski definition) is 9. The largest absolute Gasteiger partial charge is 0.490 e. The fraction of sp³-hybridized carbons (Fsp3) is 0.730. The molecular formula is C37H62N2O9. The van der Waals surface area contributed by atoms with Gasteiger partial charge in [-0.3, -0.25) is 4.79 Å². The van der Waals surface area contributed by atoms with Crippen LogP contribution in [0.15, 0.2) is 24.0 Å². The van der Waals surface area contributed by atoms with E-state index in [1.54, 1.807) is 40.7 Å². The van der Waals surface area contributed by atoms with E-state index < -0.39 is 29.8 Å². The number of hydrogen-bond donors (Lipinski definition) is 3. The van der Waals surface area contributed by atoms with Gasteiger partial charge in [-0.05, 0) is 82.4 Å². The number of ether oxygens (including phenoxy) is 5. The molecule has 11 heteroatoms. The van der Waals surface area contributed by atoms with Crippen molar-refractivity contribution in [3.63, 3.8) is 0 Å². The van der Waals surface area contributed by atoms with E-state index in [2.05, 4.69) is 31.4 Å². The van der Waals surface area contributed by atoms with Crippen LogP contribution in [-0.4, -0.2) is 81.4 Å². The fourth-order valence-corrected chi connectivity index (χ4v) is 5.09. The number of methoxy groups -OCH3 is 2. The smallest absolute Gasteiger partial charge is 0.407 e. The van der Waals surface area contributed by atoms with Crippen LogP contribution >= 0.6 is 0 Å². The number of aliphatic hydroxyl groups excluding tert-OH is 1. The summed E-state index contributed by atoms with van der Waals surface area (Å²) in [6, 6.07) is 5.21. The highest BCUT2D eigenvalue weighted by molar-refractivity contribution is 5.78. The molecule has 0 radical (unpaired) electrons. The Morgan fingerprint density at radius 2 is 1.65 bits per heavy atom. The van der Waals surface area contributed by atoms with Crippen LogP contribution in [0.3, 0.4) is 0 Å². The molecule has 11 nitrogen and oxygen atoms in total. The van der Waals surface area contributed by atoms with Gasteiger partial charge in [0.1, 0.15) is 5.60 Å². The van der Waals surface area contributed by atoms with Gasteiger partial charge in [0.05, 0.1) is 32.5 Å². The SMILES string of the molecule is CCCCNC(=O)[C@H](C)C[C@H](O)[C@H](C[C@H](Cc1ccc(OCCCC(=C=O)OC)c(OCCCOC)c1)C(C)C)NC(=O)OC(C)(C)C. The highest BCUT2D eigenvalue weighted by atomic mass is 16.6. The molecule has 0 aliphatic carbocycles. The molecule has 48 heavy (non-hydrogen) atoms. The van der Waals surface area contributed by atoms with E-state index in [1.165, 1.54) is 7.11 Å². The number of carbonyl (C=O) groups excluding carboxylic acids is 3. The number of allylic oxidation sites excluding steroid dienone is 1. The summed E-state index contributed by atoms with van der Waals surface area (Å²) in [6.45, 7) is 15.4. The first kappa shape index (κ1) is 42.8. The van der Waals surface area contributed by atoms with Crippen molar-refractivity contribution in [2.24, 2.45) is 17.8 Å². The van der Waals surface area contributed by atoms with Gasteiger partial charge in [-0.2, -0.15) is 0 Å². The van der Waals surface area contributed by atoms with Crippen LogP contribution in [0.4, 0.5) is 4.79 Å². The molecule has 0 aromatic heterocycles. The van der Waals surface area contributed by atoms with Crippen molar-refractivity contribution in [3.8, 4) is 11.5 Å². The molecule has 0 saturated carbocycles. The van der Waals surface area contributed by atoms with Gasteiger partial charge in [0.2, 0.25) is 5.91 Å². The Bertz CT molecular complexity index is 1130. The summed E-state index contributed by atoms with van der Waals surface area (Å²) in [5.74, 6) is 2.96. The third-order valence-corrected chi connectivity index (χ3v) is 7.96. The maximum atomic E-state index is 12.9. The molecule has 0 fully saturated rings. The second-order valence-corrected chi connectivity index (χ2v) is 13.7. The molecule has 3 N–H and O–H groups in total. The van der Waals surface area contributed by atoms with Crippen molar-refractivity contribution in [3.05, 3.63) is 29.5 Å². The topological polar surface area (TPSA) is 142 Å². The van der Waals surface area contributed by atoms with Gasteiger partial charge in [0.15, 0.2) is 23.2 Å². The van der Waals surface area contributed by atoms with E-state index in [9.17, 15) is 19.5 Å². The average molecular weight is 679 g/mol. The normalized spacial score (nSPS) is 13.9. The summed E-state index contributed by atoms with van der Waals surface area (Å²) in [5.41, 5.74) is 0.312. The van der Waals surface area contributed by atoms with Crippen molar-refractivity contribution >= 4 is 17.9 Å². The standard InChI is InChI=1S/C37H62N2O9/c1-10-11-17-38-35(42)27(4)21-32(41)31(39-36(43)48-37(5,6)7)24-29(26(2)3)22-28-15-16-33(34(23-28)47-20-13-18-44-8)46-19-12-14-30(25-40)45-9/h15-16,23,26-27,29,31-32,41H,10-14,17-22,24H2,1-9H3,(H,38,42)(H,39,43)/t27-,29+,31+,32+/m1/s1. The quantitative estimate of drug-likeness (QED) is 0.0680. The summed E-state index contributed by atoms with van der Waals surface area (Å²) in [7, 11) is 3.09. The highest BCUT2D eigenvalue weighted by Crippen LogP contribution is 2.32. The highest BCUT2D eigenvalue weighted by Gasteiger charge is 2.31. The Hall–Kier alpha value is -3.27. The van der Waals surface area contributed by atoms with Crippen molar-refractivity contribution in [2.45, 2.75) is 118 Å². The van der Waals surface area contributed by atoms with Crippen molar-refractivity contribution in [1.82, 2.24) is 10.6 Å². The van der Waals surface area contributed by atoms with Crippen LogP contribution in [0.25, 0.3) is 0 Å². The maximum Gasteiger partial charge on any atom is 0.407 e. The first-order chi connectivity index (χ1) is 22.7. The lowest BCUT2D eigenvalue weighted by Crippen LogP contribution is -2.48. The Labute approximate surface area is 288 Å². The van der Waals surface area contributed by atoms with Gasteiger partial charge in [-0.1, -0.05) is 40.2 Å². The van der Waals surface area contributed by atoms with Gasteiger partial charge < -0.3 is 39.4 Å². The predicted octanol–water partition coefficient (Wildman–Crippen LogP) is 6.02. The molecule has 1 aromatic carbocycles. The molecule has 2 amide bonds. The van der Waals surface area contributed by atoms with Crippen LogP contribution in [0.5, 0.6) is 11.5 Å². The number of carbonyl (C=O) groups is 2. The zero-order valence-corrected chi connectivity index (χ0v) is 30.8. The lowest BCUT2D eigenvalue weighted by Gasteiger charge is -2.32. The number of unbranched alkanes of at least 4 members (excludes halogenated alkanes) is 1. The van der Waals surface area contributed by atoms with Gasteiger partial charge in [0.25, 0.3) is 0 Å². The zero-order valence-electron chi connectivity index (χ0n) is 30.8. The molecule has 0 saturated heterocycles. The average Bonchev–Trinajstić information content (AvgIpc) is 3.02. The van der Waals surface area contributed by atoms with Crippen molar-refractivity contribution < 1.29 is 43.2 Å². The maximum absolute atomic E-state index is 12.9. The van der Waals surface area contributed by atoms with E-state index >= 15 is 0 Å². The van der Waals surface area contributed by atoms with Crippen LogP contribution in [-0.2, 0) is 30.2 Å². The first-order valence-corrected chi connectivity index (χ1v) is 17.3. The summed E-state index contributed by atoms with van der Waals surface area (Å²) in [6.07, 6.45) is 3.32. The lowest BCUT2D eigenvalue weighted by molar-refractivity contribution is -0.125. The third kappa shape index (κ3) is 17.8. The molecule has 0 spiro atoms. The third-order valence-electron chi connectivity index (χ3n) is 7.96. The monoisotopic (exact) mass is 678 g/mol. The molecule has 274 valence electrons. The van der Waals surface area contributed by atoms with Crippen LogP contribution in [0.1, 0.15) is 99.0 Å². The number of aliphatic hydroxyl groups is 1. The Kier molecular flexibility index (Phi) is 20.6. The minimum absolute atomic E-state index is 0.0592. The van der Waals surface area contributed by atoms with Crippen molar-refractivity contribution in [1.29, 1.82) is 0 Å². The number of alkyl carbamates (subject to hydrolysis) is 1. The molecule has 4 atom stereocenters. The summed E-state index contributed by atoms with van der Waals surface area (Å²) in [5, 5.41) is 17.3. The number of nitrogens with one attached hydrogen (secondary N) is 2. The Balaban J connectivity index is 3.19. The summed E-state index contributed by atoms with van der Waals surface area (Å²) >= 11 is 0. The zero-order chi connectivity index (χ0) is 36.1. The van der Waals surface area contributed by atoms with Gasteiger partial charge in [0, 0.05) is 39.0 Å². The van der Waals surface area contributed by atoms with Gasteiger partial charge in [-0.15, -0.1) is 0 Å². The molecule has 0 heterocycles. The second-order valence-electron chi connectivity index (χ2n) is 13.7. The van der Waals surface area contributed by atoms with E-state index in [4.69, 9.17) is 23.7 Å². The summed E-state index contributed by atoms with van der Waals surface area (Å²) in [4.78, 5) is 36.5. The lowest BCUT2D eigenvalue weighted by atomic mass is 9.82. The number of rotatable bonds is 24. The molecular weight excluding hydrogens is 616 g/mol. The first-order valence-electron chi connectivity index (χ1n) is 17.3. The predicted molar refractivity (Wildman–Crippen MR) is 187 cm³/mol. The number of benzene rings is 1. The van der Waals surface area contributed by atoms with E-state index in [0.717, 1.165) is 18.4 Å². The molecule has 0 unspecified atom stereocenters. The molecule has 0 aliphatic heterocycles. The van der Waals surface area contributed by atoms with Crippen molar-refractivity contribution in [2.75, 3.05) is 40.6 Å². The molecule has 1 aromatic rings. The van der Waals surface area contributed by atoms with Crippen LogP contribution in [0, 0.1) is 17.8 Å². The Morgan fingerprint density at radius 1 is 0.958 bits per heavy atom. The Morgan fingerprint density at radius 3 is 2.25 bits per heavy atom. The van der Waals surface area contributed by atoms with E-state index in [-0.39, 0.29) is 29.9 Å². The molecule has 0 aliphatic rings. The second kappa shape index (κ2) is 23.1.